The zero-order valence-corrected chi connectivity index (χ0v) is 16.8. The topological polar surface area (TPSA) is 53.9 Å². The standard InChI is InChI=1S/C19H28BrN3O2/c1-15-12-16(20)8-9-17(15)21-18(24)13-22(2)19(25)14-23-10-6-4-3-5-7-11-23/h8-9,12H,3-7,10-11,13-14H2,1-2H3,(H,21,24)/p+1. The molecule has 1 saturated heterocycles. The fraction of sp³-hybridized carbons (Fsp3) is 0.579. The molecule has 2 rings (SSSR count). The number of likely N-dealkylation sites (tertiary alicyclic amines) is 1. The van der Waals surface area contributed by atoms with E-state index in [0.717, 1.165) is 28.8 Å². The van der Waals surface area contributed by atoms with Gasteiger partial charge in [0.25, 0.3) is 5.91 Å². The third-order valence-corrected chi connectivity index (χ3v) is 5.22. The van der Waals surface area contributed by atoms with Gasteiger partial charge in [-0.3, -0.25) is 9.59 Å². The highest BCUT2D eigenvalue weighted by atomic mass is 79.9. The summed E-state index contributed by atoms with van der Waals surface area (Å²) in [4.78, 5) is 27.5. The summed E-state index contributed by atoms with van der Waals surface area (Å²) in [7, 11) is 1.71. The van der Waals surface area contributed by atoms with Gasteiger partial charge < -0.3 is 15.1 Å². The molecule has 1 aromatic rings. The monoisotopic (exact) mass is 410 g/mol. The first-order chi connectivity index (χ1) is 12.0. The maximum absolute atomic E-state index is 12.4. The molecule has 2 amide bonds. The Hall–Kier alpha value is -1.40. The first-order valence-electron chi connectivity index (χ1n) is 9.09. The molecule has 138 valence electrons. The second kappa shape index (κ2) is 9.92. The molecule has 0 spiro atoms. The Bertz CT molecular complexity index is 598. The van der Waals surface area contributed by atoms with Gasteiger partial charge in [-0.05, 0) is 56.4 Å². The number of halogens is 1. The molecule has 0 bridgehead atoms. The molecule has 0 unspecified atom stereocenters. The third-order valence-electron chi connectivity index (χ3n) is 4.73. The fourth-order valence-corrected chi connectivity index (χ4v) is 3.67. The average Bonchev–Trinajstić information content (AvgIpc) is 2.52. The van der Waals surface area contributed by atoms with E-state index in [1.165, 1.54) is 41.9 Å². The molecular formula is C19H29BrN3O2+. The molecule has 6 heteroatoms. The average molecular weight is 411 g/mol. The molecule has 1 aromatic carbocycles. The van der Waals surface area contributed by atoms with Gasteiger partial charge in [0.1, 0.15) is 0 Å². The van der Waals surface area contributed by atoms with Crippen LogP contribution in [0.3, 0.4) is 0 Å². The van der Waals surface area contributed by atoms with E-state index in [1.54, 1.807) is 7.05 Å². The summed E-state index contributed by atoms with van der Waals surface area (Å²) in [5.74, 6) is -0.123. The molecule has 0 atom stereocenters. The number of rotatable bonds is 5. The van der Waals surface area contributed by atoms with Crippen LogP contribution in [0.5, 0.6) is 0 Å². The highest BCUT2D eigenvalue weighted by Crippen LogP contribution is 2.19. The molecule has 25 heavy (non-hydrogen) atoms. The van der Waals surface area contributed by atoms with Crippen molar-refractivity contribution in [1.29, 1.82) is 0 Å². The zero-order chi connectivity index (χ0) is 18.2. The summed E-state index contributed by atoms with van der Waals surface area (Å²) >= 11 is 3.41. The molecule has 1 aliphatic rings. The van der Waals surface area contributed by atoms with E-state index in [2.05, 4.69) is 21.2 Å². The van der Waals surface area contributed by atoms with Crippen molar-refractivity contribution >= 4 is 33.4 Å². The normalized spacial score (nSPS) is 16.0. The van der Waals surface area contributed by atoms with Crippen molar-refractivity contribution in [3.05, 3.63) is 28.2 Å². The van der Waals surface area contributed by atoms with Crippen molar-refractivity contribution in [1.82, 2.24) is 4.90 Å². The number of anilines is 1. The van der Waals surface area contributed by atoms with E-state index in [-0.39, 0.29) is 18.4 Å². The number of amides is 2. The molecule has 1 heterocycles. The first kappa shape index (κ1) is 19.9. The minimum Gasteiger partial charge on any atom is -0.332 e. The molecule has 5 nitrogen and oxygen atoms in total. The minimum atomic E-state index is -0.163. The molecule has 1 fully saturated rings. The lowest BCUT2D eigenvalue weighted by Gasteiger charge is -2.24. The van der Waals surface area contributed by atoms with Crippen LogP contribution in [-0.2, 0) is 9.59 Å². The number of aryl methyl sites for hydroxylation is 1. The van der Waals surface area contributed by atoms with E-state index >= 15 is 0 Å². The summed E-state index contributed by atoms with van der Waals surface area (Å²) in [6.45, 7) is 4.64. The minimum absolute atomic E-state index is 0.0400. The maximum atomic E-state index is 12.4. The maximum Gasteiger partial charge on any atom is 0.277 e. The molecular weight excluding hydrogens is 382 g/mol. The van der Waals surface area contributed by atoms with Crippen molar-refractivity contribution in [3.63, 3.8) is 0 Å². The Balaban J connectivity index is 1.81. The lowest BCUT2D eigenvalue weighted by atomic mass is 10.1. The van der Waals surface area contributed by atoms with Gasteiger partial charge in [0.15, 0.2) is 6.54 Å². The molecule has 0 aliphatic carbocycles. The van der Waals surface area contributed by atoms with E-state index in [1.807, 2.05) is 25.1 Å². The van der Waals surface area contributed by atoms with E-state index in [9.17, 15) is 9.59 Å². The Morgan fingerprint density at radius 3 is 2.44 bits per heavy atom. The lowest BCUT2D eigenvalue weighted by molar-refractivity contribution is -0.893. The van der Waals surface area contributed by atoms with Gasteiger partial charge in [0.05, 0.1) is 19.6 Å². The SMILES string of the molecule is Cc1cc(Br)ccc1NC(=O)CN(C)C(=O)C[NH+]1CCCCCCC1. The van der Waals surface area contributed by atoms with Crippen LogP contribution in [-0.4, -0.2) is 49.9 Å². The quantitative estimate of drug-likeness (QED) is 0.779. The number of benzene rings is 1. The number of likely N-dealkylation sites (N-methyl/N-ethyl adjacent to an activating group) is 1. The Morgan fingerprint density at radius 1 is 1.16 bits per heavy atom. The number of hydrogen-bond acceptors (Lipinski definition) is 2. The Labute approximate surface area is 158 Å². The first-order valence-corrected chi connectivity index (χ1v) is 9.88. The van der Waals surface area contributed by atoms with Gasteiger partial charge >= 0.3 is 0 Å². The van der Waals surface area contributed by atoms with Crippen LogP contribution in [0, 0.1) is 6.92 Å². The van der Waals surface area contributed by atoms with Crippen LogP contribution in [0.1, 0.15) is 37.7 Å². The van der Waals surface area contributed by atoms with E-state index in [4.69, 9.17) is 0 Å². The van der Waals surface area contributed by atoms with Crippen molar-refractivity contribution in [3.8, 4) is 0 Å². The number of carbonyl (C=O) groups excluding carboxylic acids is 2. The predicted molar refractivity (Wildman–Crippen MR) is 104 cm³/mol. The number of carbonyl (C=O) groups is 2. The lowest BCUT2D eigenvalue weighted by Crippen LogP contribution is -3.13. The van der Waals surface area contributed by atoms with Crippen LogP contribution in [0.15, 0.2) is 22.7 Å². The smallest absolute Gasteiger partial charge is 0.277 e. The molecule has 0 aromatic heterocycles. The second-order valence-corrected chi connectivity index (χ2v) is 7.87. The highest BCUT2D eigenvalue weighted by molar-refractivity contribution is 9.10. The summed E-state index contributed by atoms with van der Waals surface area (Å²) in [5.41, 5.74) is 1.77. The van der Waals surface area contributed by atoms with Gasteiger partial charge in [-0.15, -0.1) is 0 Å². The van der Waals surface area contributed by atoms with Crippen molar-refractivity contribution in [2.75, 3.05) is 38.5 Å². The van der Waals surface area contributed by atoms with Crippen molar-refractivity contribution in [2.45, 2.75) is 39.0 Å². The molecule has 0 saturated carbocycles. The van der Waals surface area contributed by atoms with Crippen LogP contribution >= 0.6 is 15.9 Å². The number of quaternary nitrogens is 1. The zero-order valence-electron chi connectivity index (χ0n) is 15.2. The summed E-state index contributed by atoms with van der Waals surface area (Å²) in [6, 6.07) is 5.71. The van der Waals surface area contributed by atoms with E-state index < -0.39 is 0 Å². The van der Waals surface area contributed by atoms with Crippen molar-refractivity contribution < 1.29 is 14.5 Å². The molecule has 0 radical (unpaired) electrons. The van der Waals surface area contributed by atoms with Gasteiger partial charge in [-0.2, -0.15) is 0 Å². The summed E-state index contributed by atoms with van der Waals surface area (Å²) in [6.07, 6.45) is 6.23. The van der Waals surface area contributed by atoms with Crippen LogP contribution < -0.4 is 10.2 Å². The largest absolute Gasteiger partial charge is 0.332 e. The van der Waals surface area contributed by atoms with Crippen LogP contribution in [0.4, 0.5) is 5.69 Å². The van der Waals surface area contributed by atoms with E-state index in [0.29, 0.717) is 6.54 Å². The van der Waals surface area contributed by atoms with Gasteiger partial charge in [0, 0.05) is 17.2 Å². The van der Waals surface area contributed by atoms with Crippen LogP contribution in [0.25, 0.3) is 0 Å². The van der Waals surface area contributed by atoms with Gasteiger partial charge in [-0.25, -0.2) is 0 Å². The molecule has 1 aliphatic heterocycles. The Morgan fingerprint density at radius 2 is 1.80 bits per heavy atom. The van der Waals surface area contributed by atoms with Gasteiger partial charge in [-0.1, -0.05) is 22.4 Å². The predicted octanol–water partition coefficient (Wildman–Crippen LogP) is 2.00. The summed E-state index contributed by atoms with van der Waals surface area (Å²) in [5, 5.41) is 2.88. The fourth-order valence-electron chi connectivity index (χ4n) is 3.19. The molecule has 2 N–H and O–H groups in total. The van der Waals surface area contributed by atoms with Crippen molar-refractivity contribution in [2.24, 2.45) is 0 Å². The Kier molecular flexibility index (Phi) is 7.90. The third kappa shape index (κ3) is 6.78. The number of nitrogens with one attached hydrogen (secondary N) is 2. The second-order valence-electron chi connectivity index (χ2n) is 6.95. The number of hydrogen-bond donors (Lipinski definition) is 2. The van der Waals surface area contributed by atoms with Gasteiger partial charge in [0.2, 0.25) is 5.91 Å². The highest BCUT2D eigenvalue weighted by Gasteiger charge is 2.20. The van der Waals surface area contributed by atoms with Crippen LogP contribution in [0.2, 0.25) is 0 Å². The summed E-state index contributed by atoms with van der Waals surface area (Å²) < 4.78 is 0.978. The number of nitrogens with zero attached hydrogens (tertiary/aromatic N) is 1.